The quantitative estimate of drug-likeness (QED) is 0.333. The first-order valence-corrected chi connectivity index (χ1v) is 8.67. The fourth-order valence-electron chi connectivity index (χ4n) is 2.34. The van der Waals surface area contributed by atoms with Gasteiger partial charge in [0, 0.05) is 22.6 Å². The Balaban J connectivity index is 2.39. The van der Waals surface area contributed by atoms with Crippen LogP contribution in [0.2, 0.25) is 0 Å². The van der Waals surface area contributed by atoms with E-state index in [-0.39, 0.29) is 28.7 Å². The molecular formula is C14H17N3O6S. The summed E-state index contributed by atoms with van der Waals surface area (Å²) in [4.78, 5) is 13.9. The van der Waals surface area contributed by atoms with Crippen LogP contribution in [-0.2, 0) is 19.5 Å². The predicted molar refractivity (Wildman–Crippen MR) is 83.2 cm³/mol. The predicted octanol–water partition coefficient (Wildman–Crippen LogP) is 2.28. The van der Waals surface area contributed by atoms with Crippen molar-refractivity contribution in [2.45, 2.75) is 17.7 Å². The van der Waals surface area contributed by atoms with Gasteiger partial charge in [-0.3, -0.25) is 0 Å². The van der Waals surface area contributed by atoms with E-state index in [2.05, 4.69) is 14.2 Å². The molecule has 0 bridgehead atoms. The van der Waals surface area contributed by atoms with Crippen LogP contribution in [0.1, 0.15) is 23.2 Å². The lowest BCUT2D eigenvalue weighted by molar-refractivity contribution is 0.0478. The van der Waals surface area contributed by atoms with Gasteiger partial charge in [0.1, 0.15) is 10.5 Å². The number of methoxy groups -OCH3 is 1. The number of esters is 1. The molecule has 0 atom stereocenters. The molecule has 1 aromatic rings. The number of rotatable bonds is 6. The number of ether oxygens (including phenoxy) is 3. The van der Waals surface area contributed by atoms with Crippen molar-refractivity contribution in [1.82, 2.24) is 0 Å². The highest BCUT2D eigenvalue weighted by molar-refractivity contribution is 7.90. The molecular weight excluding hydrogens is 338 g/mol. The summed E-state index contributed by atoms with van der Waals surface area (Å²) >= 11 is 0. The highest BCUT2D eigenvalue weighted by Gasteiger charge is 2.26. The Morgan fingerprint density at radius 1 is 1.42 bits per heavy atom. The van der Waals surface area contributed by atoms with Crippen molar-refractivity contribution in [2.75, 3.05) is 26.9 Å². The SMILES string of the molecule is COC(=O)c1cccc(S(=O)(=O)N=[N+]=[N-])c1OCC1CCOCC1. The zero-order valence-electron chi connectivity index (χ0n) is 13.0. The molecule has 1 aliphatic rings. The second kappa shape index (κ2) is 8.00. The molecule has 0 aliphatic carbocycles. The molecule has 2 rings (SSSR count). The van der Waals surface area contributed by atoms with Crippen LogP contribution in [0.15, 0.2) is 27.6 Å². The van der Waals surface area contributed by atoms with Crippen molar-refractivity contribution in [3.8, 4) is 5.75 Å². The number of nitrogens with zero attached hydrogens (tertiary/aromatic N) is 3. The van der Waals surface area contributed by atoms with Crippen LogP contribution >= 0.6 is 0 Å². The molecule has 9 nitrogen and oxygen atoms in total. The molecule has 1 saturated heterocycles. The van der Waals surface area contributed by atoms with Gasteiger partial charge in [0.05, 0.1) is 13.7 Å². The molecule has 0 radical (unpaired) electrons. The number of hydrogen-bond donors (Lipinski definition) is 0. The number of carbonyl (C=O) groups is 1. The van der Waals surface area contributed by atoms with Crippen molar-refractivity contribution in [3.63, 3.8) is 0 Å². The zero-order chi connectivity index (χ0) is 17.6. The van der Waals surface area contributed by atoms with E-state index in [9.17, 15) is 13.2 Å². The van der Waals surface area contributed by atoms with Crippen molar-refractivity contribution in [3.05, 3.63) is 34.2 Å². The number of carbonyl (C=O) groups excluding carboxylic acids is 1. The summed E-state index contributed by atoms with van der Waals surface area (Å²) in [6, 6.07) is 3.96. The fraction of sp³-hybridized carbons (Fsp3) is 0.500. The summed E-state index contributed by atoms with van der Waals surface area (Å²) in [5.41, 5.74) is 8.40. The standard InChI is InChI=1S/C14H17N3O6S/c1-21-14(18)11-3-2-4-12(24(19,20)17-16-15)13(11)23-9-10-5-7-22-8-6-10/h2-4,10H,5-9H2,1H3. The van der Waals surface area contributed by atoms with E-state index in [0.29, 0.717) is 13.2 Å². The van der Waals surface area contributed by atoms with Crippen molar-refractivity contribution in [1.29, 1.82) is 0 Å². The molecule has 130 valence electrons. The normalized spacial score (nSPS) is 15.4. The van der Waals surface area contributed by atoms with Crippen LogP contribution in [0.4, 0.5) is 0 Å². The van der Waals surface area contributed by atoms with E-state index >= 15 is 0 Å². The van der Waals surface area contributed by atoms with Gasteiger partial charge < -0.3 is 14.2 Å². The molecule has 10 heteroatoms. The molecule has 0 unspecified atom stereocenters. The monoisotopic (exact) mass is 355 g/mol. The summed E-state index contributed by atoms with van der Waals surface area (Å²) in [6.45, 7) is 1.43. The number of para-hydroxylation sites is 1. The maximum Gasteiger partial charge on any atom is 0.341 e. The topological polar surface area (TPSA) is 128 Å². The highest BCUT2D eigenvalue weighted by Crippen LogP contribution is 2.31. The molecule has 0 amide bonds. The van der Waals surface area contributed by atoms with Crippen LogP contribution in [0.3, 0.4) is 0 Å². The Bertz CT molecular complexity index is 752. The lowest BCUT2D eigenvalue weighted by atomic mass is 10.0. The summed E-state index contributed by atoms with van der Waals surface area (Å²) in [5.74, 6) is -0.724. The average Bonchev–Trinajstić information content (AvgIpc) is 2.59. The van der Waals surface area contributed by atoms with E-state index in [1.165, 1.54) is 25.3 Å². The Kier molecular flexibility index (Phi) is 6.02. The lowest BCUT2D eigenvalue weighted by Gasteiger charge is -2.23. The molecule has 1 aromatic carbocycles. The van der Waals surface area contributed by atoms with E-state index in [1.54, 1.807) is 0 Å². The van der Waals surface area contributed by atoms with Crippen LogP contribution in [0, 0.1) is 5.92 Å². The minimum Gasteiger partial charge on any atom is -0.491 e. The van der Waals surface area contributed by atoms with E-state index < -0.39 is 16.0 Å². The highest BCUT2D eigenvalue weighted by atomic mass is 32.2. The van der Waals surface area contributed by atoms with Gasteiger partial charge in [-0.1, -0.05) is 6.07 Å². The molecule has 24 heavy (non-hydrogen) atoms. The number of sulfonamides is 1. The minimum atomic E-state index is -4.31. The first kappa shape index (κ1) is 18.1. The van der Waals surface area contributed by atoms with Crippen molar-refractivity contribution < 1.29 is 27.4 Å². The Hall–Kier alpha value is -2.29. The third-order valence-electron chi connectivity index (χ3n) is 3.61. The largest absolute Gasteiger partial charge is 0.491 e. The van der Waals surface area contributed by atoms with Crippen molar-refractivity contribution >= 4 is 16.0 Å². The van der Waals surface area contributed by atoms with Gasteiger partial charge >= 0.3 is 5.97 Å². The first-order chi connectivity index (χ1) is 11.5. The smallest absolute Gasteiger partial charge is 0.341 e. The Labute approximate surface area is 139 Å². The third kappa shape index (κ3) is 4.16. The van der Waals surface area contributed by atoms with Crippen molar-refractivity contribution in [2.24, 2.45) is 10.4 Å². The third-order valence-corrected chi connectivity index (χ3v) is 4.78. The molecule has 0 saturated carbocycles. The molecule has 0 aromatic heterocycles. The minimum absolute atomic E-state index is 0.0428. The summed E-state index contributed by atoms with van der Waals surface area (Å²) in [6.07, 6.45) is 1.55. The Morgan fingerprint density at radius 2 is 2.12 bits per heavy atom. The van der Waals surface area contributed by atoms with Gasteiger partial charge in [0.15, 0.2) is 5.75 Å². The molecule has 0 N–H and O–H groups in total. The maximum atomic E-state index is 12.1. The van der Waals surface area contributed by atoms with Gasteiger partial charge in [0.2, 0.25) is 0 Å². The van der Waals surface area contributed by atoms with Gasteiger partial charge in [-0.2, -0.15) is 0 Å². The fourth-order valence-corrected chi connectivity index (χ4v) is 3.18. The van der Waals surface area contributed by atoms with Crippen LogP contribution in [0.25, 0.3) is 10.4 Å². The number of hydrogen-bond acceptors (Lipinski definition) is 6. The first-order valence-electron chi connectivity index (χ1n) is 7.23. The van der Waals surface area contributed by atoms with Gasteiger partial charge in [0.25, 0.3) is 10.0 Å². The molecule has 0 spiro atoms. The summed E-state index contributed by atoms with van der Waals surface area (Å²) in [7, 11) is -3.13. The molecule has 1 fully saturated rings. The Morgan fingerprint density at radius 3 is 2.75 bits per heavy atom. The van der Waals surface area contributed by atoms with Gasteiger partial charge in [-0.05, 0) is 36.4 Å². The van der Waals surface area contributed by atoms with Crippen LogP contribution in [-0.4, -0.2) is 41.3 Å². The van der Waals surface area contributed by atoms with E-state index in [4.69, 9.17) is 15.0 Å². The summed E-state index contributed by atoms with van der Waals surface area (Å²) < 4.78 is 42.6. The molecule has 1 aliphatic heterocycles. The zero-order valence-corrected chi connectivity index (χ0v) is 13.9. The number of benzene rings is 1. The maximum absolute atomic E-state index is 12.1. The van der Waals surface area contributed by atoms with Gasteiger partial charge in [-0.25, -0.2) is 13.2 Å². The van der Waals surface area contributed by atoms with Crippen LogP contribution in [0.5, 0.6) is 5.75 Å². The average molecular weight is 355 g/mol. The van der Waals surface area contributed by atoms with Gasteiger partial charge in [-0.15, -0.1) is 0 Å². The van der Waals surface area contributed by atoms with E-state index in [1.807, 2.05) is 0 Å². The van der Waals surface area contributed by atoms with E-state index in [0.717, 1.165) is 12.8 Å². The molecule has 1 heterocycles. The second-order valence-corrected chi connectivity index (χ2v) is 6.69. The second-order valence-electron chi connectivity index (χ2n) is 5.14. The van der Waals surface area contributed by atoms with Crippen LogP contribution < -0.4 is 4.74 Å². The lowest BCUT2D eigenvalue weighted by Crippen LogP contribution is -2.22. The summed E-state index contributed by atoms with van der Waals surface area (Å²) in [5, 5.41) is 0. The number of azide groups is 1.